The Bertz CT molecular complexity index is 5440. The Labute approximate surface area is 610 Å². The zero-order chi connectivity index (χ0) is 71.3. The highest BCUT2D eigenvalue weighted by atomic mass is 32.1. The standard InChI is InChI=1S/C80H53F3N4O14S4/c1-2-48(78(92)86(62-27-23-58(102-62)54-36-94-54)63-28-24-59(103-63)55-37-95-55)84-74(88)44-31-50(98-40-15-7-3-8-16-40)68-70-52(100-42-19-11-5-12-20-42)33-46-67-47(34-53(101-43-21-13-6-14-22-43)71(73(67)70)69-51(99-41-17-9-4-10-18-41)32-45(75(84)89)66(44)72(68)69)77(91)85(76(46)90)49(35-80(81,82)83)79(93)87(64-29-25-60(104-64)56-38-96-56)65-30-26-61(105-65)57-39-97-57/h3-34,48-49,54-57H,2,35-39H2,1H3. The van der Waals surface area contributed by atoms with Gasteiger partial charge >= 0.3 is 6.18 Å². The van der Waals surface area contributed by atoms with Crippen LogP contribution >= 0.6 is 45.3 Å². The SMILES string of the molecule is CCC(C(=O)N(c1ccc(C2CO2)s1)c1ccc(C2CO2)s1)N1C(=O)c2cc(Oc3ccccc3)c3c4c(Oc5ccccc5)cc5c6c(cc(Oc7ccccc7)c(c7c(Oc8ccccc8)cc(c2c37)C1=O)c64)C(=O)N(C(CC(F)(F)F)C(=O)N(c1ccc(C2CO2)s1)c1ccc(C2CO2)s1)C5=O. The maximum absolute atomic E-state index is 16.5. The van der Waals surface area contributed by atoms with Gasteiger partial charge in [-0.15, -0.1) is 45.3 Å². The second kappa shape index (κ2) is 25.2. The molecule has 10 heterocycles. The minimum absolute atomic E-state index is 0.0194. The minimum atomic E-state index is -5.16. The zero-order valence-electron chi connectivity index (χ0n) is 55.0. The van der Waals surface area contributed by atoms with E-state index in [4.69, 9.17) is 37.9 Å². The number of amides is 6. The summed E-state index contributed by atoms with van der Waals surface area (Å²) < 4.78 is 98.2. The van der Waals surface area contributed by atoms with Gasteiger partial charge in [-0.2, -0.15) is 13.2 Å². The summed E-state index contributed by atoms with van der Waals surface area (Å²) in [6, 6.07) is 50.2. The average molecular weight is 1480 g/mol. The number of alkyl halides is 3. The molecule has 0 saturated carbocycles. The molecule has 6 aliphatic heterocycles. The molecule has 4 fully saturated rings. The molecule has 13 aromatic rings. The van der Waals surface area contributed by atoms with Crippen molar-refractivity contribution in [1.82, 2.24) is 9.80 Å². The number of fused-ring (bicyclic) bond motifs is 2. The molecule has 0 spiro atoms. The van der Waals surface area contributed by atoms with Crippen LogP contribution < -0.4 is 28.7 Å². The van der Waals surface area contributed by atoms with Crippen molar-refractivity contribution in [2.75, 3.05) is 36.2 Å². The Morgan fingerprint density at radius 2 is 0.657 bits per heavy atom. The molecule has 4 saturated heterocycles. The van der Waals surface area contributed by atoms with Gasteiger partial charge in [-0.3, -0.25) is 48.4 Å². The van der Waals surface area contributed by atoms with Gasteiger partial charge in [0.1, 0.15) is 102 Å². The fourth-order valence-corrected chi connectivity index (χ4v) is 18.6. The predicted octanol–water partition coefficient (Wildman–Crippen LogP) is 19.5. The highest BCUT2D eigenvalue weighted by molar-refractivity contribution is 7.19. The lowest BCUT2D eigenvalue weighted by atomic mass is 9.80. The number of carbonyl (C=O) groups excluding carboxylic acids is 6. The highest BCUT2D eigenvalue weighted by Gasteiger charge is 2.51. The highest BCUT2D eigenvalue weighted by Crippen LogP contribution is 2.59. The van der Waals surface area contributed by atoms with Crippen molar-refractivity contribution >= 4 is 144 Å². The number of benzene rings is 9. The lowest BCUT2D eigenvalue weighted by Crippen LogP contribution is -2.55. The van der Waals surface area contributed by atoms with Crippen molar-refractivity contribution < 1.29 is 79.8 Å². The Morgan fingerprint density at radius 1 is 0.400 bits per heavy atom. The molecule has 18 nitrogen and oxygen atoms in total. The molecule has 19 rings (SSSR count). The van der Waals surface area contributed by atoms with Crippen LogP contribution in [0.25, 0.3) is 43.1 Å². The molecule has 6 unspecified atom stereocenters. The van der Waals surface area contributed by atoms with Gasteiger partial charge in [0.05, 0.1) is 55.1 Å². The van der Waals surface area contributed by atoms with E-state index in [1.807, 2.05) is 24.3 Å². The summed E-state index contributed by atoms with van der Waals surface area (Å²) >= 11 is 5.01. The van der Waals surface area contributed by atoms with E-state index in [0.717, 1.165) is 42.2 Å². The number of imide groups is 2. The molecule has 25 heteroatoms. The lowest BCUT2D eigenvalue weighted by molar-refractivity contribution is -0.152. The Morgan fingerprint density at radius 3 is 0.905 bits per heavy atom. The van der Waals surface area contributed by atoms with Gasteiger partial charge in [0.15, 0.2) is 0 Å². The molecular weight excluding hydrogens is 1430 g/mol. The summed E-state index contributed by atoms with van der Waals surface area (Å²) in [5.41, 5.74) is -0.797. The maximum Gasteiger partial charge on any atom is 0.391 e. The summed E-state index contributed by atoms with van der Waals surface area (Å²) in [7, 11) is 0. The normalized spacial score (nSPS) is 18.5. The van der Waals surface area contributed by atoms with Crippen molar-refractivity contribution in [3.63, 3.8) is 0 Å². The van der Waals surface area contributed by atoms with Gasteiger partial charge in [0, 0.05) is 62.6 Å². The van der Waals surface area contributed by atoms with Gasteiger partial charge < -0.3 is 37.9 Å². The molecule has 0 aliphatic carbocycles. The van der Waals surface area contributed by atoms with Crippen LogP contribution in [0.5, 0.6) is 46.0 Å². The number of thiophene rings is 4. The quantitative estimate of drug-likeness (QED) is 0.0268. The lowest BCUT2D eigenvalue weighted by Gasteiger charge is -2.37. The van der Waals surface area contributed by atoms with E-state index < -0.39 is 60.1 Å². The van der Waals surface area contributed by atoms with Crippen molar-refractivity contribution in [1.29, 1.82) is 0 Å². The van der Waals surface area contributed by atoms with Crippen LogP contribution in [-0.2, 0) is 28.5 Å². The molecule has 6 amide bonds. The van der Waals surface area contributed by atoms with Gasteiger partial charge in [0.25, 0.3) is 35.4 Å². The van der Waals surface area contributed by atoms with Gasteiger partial charge in [-0.05, 0) is 128 Å². The average Bonchev–Trinajstić information content (AvgIpc) is 1.00. The fourth-order valence-electron chi connectivity index (χ4n) is 14.2. The molecule has 0 N–H and O–H groups in total. The number of carbonyl (C=O) groups is 6. The van der Waals surface area contributed by atoms with Crippen LogP contribution in [0.15, 0.2) is 194 Å². The number of anilines is 4. The van der Waals surface area contributed by atoms with E-state index >= 15 is 41.9 Å². The van der Waals surface area contributed by atoms with Crippen molar-refractivity contribution in [2.24, 2.45) is 0 Å². The van der Waals surface area contributed by atoms with E-state index in [0.29, 0.717) is 51.1 Å². The van der Waals surface area contributed by atoms with Gasteiger partial charge in [0.2, 0.25) is 0 Å². The van der Waals surface area contributed by atoms with E-state index in [1.54, 1.807) is 157 Å². The molecular formula is C80H53F3N4O14S4. The summed E-state index contributed by atoms with van der Waals surface area (Å²) in [6.45, 7) is 3.58. The molecule has 6 aliphatic rings. The van der Waals surface area contributed by atoms with Crippen molar-refractivity contribution in [3.05, 3.63) is 236 Å². The van der Waals surface area contributed by atoms with Gasteiger partial charge in [-0.25, -0.2) is 0 Å². The number of halogens is 3. The third kappa shape index (κ3) is 11.4. The van der Waals surface area contributed by atoms with Crippen molar-refractivity contribution in [3.8, 4) is 46.0 Å². The van der Waals surface area contributed by atoms with E-state index in [9.17, 15) is 0 Å². The van der Waals surface area contributed by atoms with Crippen LogP contribution in [0.1, 0.15) is 105 Å². The number of hydrogen-bond acceptors (Lipinski definition) is 18. The largest absolute Gasteiger partial charge is 0.457 e. The van der Waals surface area contributed by atoms with Crippen LogP contribution in [0.4, 0.5) is 33.2 Å². The van der Waals surface area contributed by atoms with E-state index in [-0.39, 0.29) is 152 Å². The molecule has 9 aromatic carbocycles. The summed E-state index contributed by atoms with van der Waals surface area (Å²) in [5.74, 6) is -5.32. The molecule has 105 heavy (non-hydrogen) atoms. The van der Waals surface area contributed by atoms with Crippen LogP contribution in [-0.4, -0.2) is 89.9 Å². The number of ether oxygens (including phenoxy) is 8. The second-order valence-electron chi connectivity index (χ2n) is 25.9. The first kappa shape index (κ1) is 64.9. The first-order valence-electron chi connectivity index (χ1n) is 33.7. The van der Waals surface area contributed by atoms with E-state index in [1.165, 1.54) is 46.9 Å². The monoisotopic (exact) mass is 1480 g/mol. The molecule has 0 radical (unpaired) electrons. The first-order valence-corrected chi connectivity index (χ1v) is 37.0. The topological polar surface area (TPSA) is 202 Å². The van der Waals surface area contributed by atoms with Crippen LogP contribution in [0.3, 0.4) is 0 Å². The number of rotatable bonds is 22. The zero-order valence-corrected chi connectivity index (χ0v) is 58.2. The number of para-hydroxylation sites is 4. The minimum Gasteiger partial charge on any atom is -0.457 e. The predicted molar refractivity (Wildman–Crippen MR) is 390 cm³/mol. The van der Waals surface area contributed by atoms with Crippen molar-refractivity contribution in [2.45, 2.75) is 62.4 Å². The summed E-state index contributed by atoms with van der Waals surface area (Å²) in [4.78, 5) is 105. The summed E-state index contributed by atoms with van der Waals surface area (Å²) in [6.07, 6.45) is -8.01. The molecule has 6 atom stereocenters. The Balaban J connectivity index is 0.876. The number of epoxide rings is 4. The van der Waals surface area contributed by atoms with Crippen LogP contribution in [0, 0.1) is 0 Å². The molecule has 0 bridgehead atoms. The first-order chi connectivity index (χ1) is 51.1. The van der Waals surface area contributed by atoms with Gasteiger partial charge in [-0.1, -0.05) is 79.7 Å². The number of nitrogens with zero attached hydrogens (tertiary/aromatic N) is 4. The Kier molecular flexibility index (Phi) is 15.6. The fraction of sp³-hybridized carbons (Fsp3) is 0.175. The third-order valence-electron chi connectivity index (χ3n) is 19.2. The molecule has 522 valence electrons. The van der Waals surface area contributed by atoms with Crippen LogP contribution in [0.2, 0.25) is 0 Å². The summed E-state index contributed by atoms with van der Waals surface area (Å²) in [5, 5.41) is 2.38. The Hall–Kier alpha value is -10.9. The third-order valence-corrected chi connectivity index (χ3v) is 23.9. The second-order valence-corrected chi connectivity index (χ2v) is 30.3. The molecule has 4 aromatic heterocycles. The maximum atomic E-state index is 16.5. The van der Waals surface area contributed by atoms with E-state index in [2.05, 4.69) is 0 Å². The smallest absolute Gasteiger partial charge is 0.391 e. The number of hydrogen-bond donors (Lipinski definition) is 0.